The molecule has 0 saturated carbocycles. The predicted molar refractivity (Wildman–Crippen MR) is 35.5 cm³/mol. The highest BCUT2D eigenvalue weighted by Crippen LogP contribution is 1.92. The summed E-state index contributed by atoms with van der Waals surface area (Å²) in [6, 6.07) is 2.82. The van der Waals surface area contributed by atoms with Crippen LogP contribution in [0.3, 0.4) is 0 Å². The first-order valence-electron chi connectivity index (χ1n) is 2.73. The molecule has 0 bridgehead atoms. The second-order valence-corrected chi connectivity index (χ2v) is 1.67. The van der Waals surface area contributed by atoms with Crippen LogP contribution in [-0.4, -0.2) is 17.2 Å². The lowest BCUT2D eigenvalue weighted by molar-refractivity contribution is 1.09. The van der Waals surface area contributed by atoms with Gasteiger partial charge in [-0.25, -0.2) is 0 Å². The Balaban J connectivity index is 2.54. The van der Waals surface area contributed by atoms with E-state index in [1.165, 1.54) is 0 Å². The number of H-pyrrole nitrogens is 1. The number of aromatic nitrogens is 2. The SMILES string of the molecule is C[N+]#CCc1cn[nH]c1. The first-order valence-corrected chi connectivity index (χ1v) is 2.73. The Kier molecular flexibility index (Phi) is 1.86. The molecule has 1 aromatic rings. The minimum absolute atomic E-state index is 0.743. The van der Waals surface area contributed by atoms with Gasteiger partial charge in [0.25, 0.3) is 13.1 Å². The summed E-state index contributed by atoms with van der Waals surface area (Å²) in [5.41, 5.74) is 1.11. The Bertz CT molecular complexity index is 214. The standard InChI is InChI=1S/C6H8N3/c1-7-3-2-6-4-8-9-5-6/h4-5H,2H2,1H3,(H,8,9)/q+1. The van der Waals surface area contributed by atoms with Crippen LogP contribution in [0, 0.1) is 6.07 Å². The lowest BCUT2D eigenvalue weighted by Gasteiger charge is -1.71. The smallest absolute Gasteiger partial charge is 0.277 e. The van der Waals surface area contributed by atoms with Gasteiger partial charge in [0.15, 0.2) is 0 Å². The molecule has 0 aromatic carbocycles. The van der Waals surface area contributed by atoms with Gasteiger partial charge in [0, 0.05) is 11.8 Å². The van der Waals surface area contributed by atoms with Crippen LogP contribution in [0.1, 0.15) is 5.56 Å². The Labute approximate surface area is 53.5 Å². The molecule has 0 aliphatic rings. The van der Waals surface area contributed by atoms with Crippen molar-refractivity contribution in [2.45, 2.75) is 6.42 Å². The van der Waals surface area contributed by atoms with Gasteiger partial charge in [-0.1, -0.05) is 4.85 Å². The Hall–Kier alpha value is -1.30. The summed E-state index contributed by atoms with van der Waals surface area (Å²) < 4.78 is 0. The second kappa shape index (κ2) is 2.88. The number of hydrogen-bond acceptors (Lipinski definition) is 1. The van der Waals surface area contributed by atoms with Gasteiger partial charge in [-0.05, 0) is 0 Å². The number of rotatable bonds is 1. The zero-order valence-electron chi connectivity index (χ0n) is 5.26. The number of aromatic amines is 1. The van der Waals surface area contributed by atoms with Crippen molar-refractivity contribution in [2.75, 3.05) is 7.05 Å². The minimum Gasteiger partial charge on any atom is -0.285 e. The zero-order valence-corrected chi connectivity index (χ0v) is 5.26. The monoisotopic (exact) mass is 122 g/mol. The molecule has 0 unspecified atom stereocenters. The lowest BCUT2D eigenvalue weighted by atomic mass is 10.3. The molecular formula is C6H8N3+. The fourth-order valence-electron chi connectivity index (χ4n) is 0.545. The maximum atomic E-state index is 3.77. The minimum atomic E-state index is 0.743. The highest BCUT2D eigenvalue weighted by molar-refractivity contribution is 5.10. The maximum Gasteiger partial charge on any atom is 0.277 e. The molecule has 3 nitrogen and oxygen atoms in total. The maximum absolute atomic E-state index is 3.77. The number of nitrogens with one attached hydrogen (secondary N) is 1. The molecule has 0 fully saturated rings. The average Bonchev–Trinajstić information content (AvgIpc) is 2.34. The van der Waals surface area contributed by atoms with Gasteiger partial charge in [0.2, 0.25) is 0 Å². The van der Waals surface area contributed by atoms with Crippen LogP contribution >= 0.6 is 0 Å². The fraction of sp³-hybridized carbons (Fsp3) is 0.333. The summed E-state index contributed by atoms with van der Waals surface area (Å²) in [5, 5.41) is 6.48. The van der Waals surface area contributed by atoms with Crippen LogP contribution in [-0.2, 0) is 6.42 Å². The van der Waals surface area contributed by atoms with Gasteiger partial charge >= 0.3 is 0 Å². The Morgan fingerprint density at radius 3 is 3.33 bits per heavy atom. The third-order valence-electron chi connectivity index (χ3n) is 0.996. The molecule has 0 aliphatic carbocycles. The van der Waals surface area contributed by atoms with Gasteiger partial charge < -0.3 is 0 Å². The molecule has 3 heteroatoms. The Morgan fingerprint density at radius 1 is 1.89 bits per heavy atom. The fourth-order valence-corrected chi connectivity index (χ4v) is 0.545. The quantitative estimate of drug-likeness (QED) is 0.590. The molecule has 0 atom stereocenters. The van der Waals surface area contributed by atoms with Gasteiger partial charge in [-0.3, -0.25) is 5.10 Å². The van der Waals surface area contributed by atoms with E-state index in [-0.39, 0.29) is 0 Å². The molecule has 9 heavy (non-hydrogen) atoms. The lowest BCUT2D eigenvalue weighted by Crippen LogP contribution is -1.72. The van der Waals surface area contributed by atoms with E-state index < -0.39 is 0 Å². The normalized spacial score (nSPS) is 8.11. The van der Waals surface area contributed by atoms with Gasteiger partial charge in [0.1, 0.15) is 6.42 Å². The van der Waals surface area contributed by atoms with E-state index >= 15 is 0 Å². The van der Waals surface area contributed by atoms with Gasteiger partial charge in [-0.2, -0.15) is 5.10 Å². The summed E-state index contributed by atoms with van der Waals surface area (Å²) >= 11 is 0. The van der Waals surface area contributed by atoms with Crippen molar-refractivity contribution in [1.82, 2.24) is 10.2 Å². The molecule has 1 aromatic heterocycles. The summed E-state index contributed by atoms with van der Waals surface area (Å²) in [7, 11) is 1.71. The molecule has 0 saturated heterocycles. The van der Waals surface area contributed by atoms with Crippen molar-refractivity contribution in [3.05, 3.63) is 22.8 Å². The second-order valence-electron chi connectivity index (χ2n) is 1.67. The molecule has 0 aliphatic heterocycles. The van der Waals surface area contributed by atoms with E-state index in [1.54, 1.807) is 13.2 Å². The van der Waals surface area contributed by atoms with Crippen molar-refractivity contribution in [2.24, 2.45) is 0 Å². The molecule has 1 heterocycles. The molecule has 1 N–H and O–H groups in total. The summed E-state index contributed by atoms with van der Waals surface area (Å²) in [6.45, 7) is 0. The van der Waals surface area contributed by atoms with Crippen molar-refractivity contribution in [3.8, 4) is 6.07 Å². The van der Waals surface area contributed by atoms with Crippen molar-refractivity contribution in [3.63, 3.8) is 0 Å². The van der Waals surface area contributed by atoms with E-state index in [9.17, 15) is 0 Å². The topological polar surface area (TPSA) is 33.0 Å². The highest BCUT2D eigenvalue weighted by Gasteiger charge is 1.91. The molecule has 1 rings (SSSR count). The van der Waals surface area contributed by atoms with E-state index in [2.05, 4.69) is 21.1 Å². The van der Waals surface area contributed by atoms with Crippen LogP contribution < -0.4 is 0 Å². The number of nitrogens with zero attached hydrogens (tertiary/aromatic N) is 2. The van der Waals surface area contributed by atoms with Gasteiger partial charge in [0.05, 0.1) is 6.20 Å². The van der Waals surface area contributed by atoms with Gasteiger partial charge in [-0.15, -0.1) is 0 Å². The van der Waals surface area contributed by atoms with Crippen molar-refractivity contribution < 1.29 is 0 Å². The molecule has 0 spiro atoms. The van der Waals surface area contributed by atoms with E-state index in [1.807, 2.05) is 6.20 Å². The van der Waals surface area contributed by atoms with Crippen LogP contribution in [0.4, 0.5) is 0 Å². The predicted octanol–water partition coefficient (Wildman–Crippen LogP) is 0.915. The first-order chi connectivity index (χ1) is 4.43. The average molecular weight is 122 g/mol. The molecule has 0 radical (unpaired) electrons. The summed E-state index contributed by atoms with van der Waals surface area (Å²) in [6.07, 6.45) is 4.34. The molecule has 0 amide bonds. The highest BCUT2D eigenvalue weighted by atomic mass is 15.1. The van der Waals surface area contributed by atoms with E-state index in [4.69, 9.17) is 0 Å². The van der Waals surface area contributed by atoms with Crippen molar-refractivity contribution >= 4 is 0 Å². The third-order valence-corrected chi connectivity index (χ3v) is 0.996. The first kappa shape index (κ1) is 5.83. The molecule has 46 valence electrons. The van der Waals surface area contributed by atoms with Crippen LogP contribution in [0.25, 0.3) is 4.85 Å². The van der Waals surface area contributed by atoms with Crippen LogP contribution in [0.5, 0.6) is 0 Å². The largest absolute Gasteiger partial charge is 0.285 e. The third kappa shape index (κ3) is 1.57. The van der Waals surface area contributed by atoms with Crippen LogP contribution in [0.2, 0.25) is 0 Å². The zero-order chi connectivity index (χ0) is 6.53. The van der Waals surface area contributed by atoms with Crippen molar-refractivity contribution in [1.29, 1.82) is 0 Å². The van der Waals surface area contributed by atoms with E-state index in [0.29, 0.717) is 0 Å². The summed E-state index contributed by atoms with van der Waals surface area (Å²) in [5.74, 6) is 0. The molecular weight excluding hydrogens is 114 g/mol. The van der Waals surface area contributed by atoms with Crippen LogP contribution in [0.15, 0.2) is 12.4 Å². The summed E-state index contributed by atoms with van der Waals surface area (Å²) in [4.78, 5) is 3.72. The van der Waals surface area contributed by atoms with E-state index in [0.717, 1.165) is 12.0 Å². The Morgan fingerprint density at radius 2 is 2.78 bits per heavy atom. The number of hydrogen-bond donors (Lipinski definition) is 1.